The Morgan fingerprint density at radius 1 is 1.44 bits per heavy atom. The molecule has 1 aliphatic heterocycles. The minimum atomic E-state index is 0.0526. The summed E-state index contributed by atoms with van der Waals surface area (Å²) in [5, 5.41) is 9.43. The molecule has 1 aromatic heterocycles. The van der Waals surface area contributed by atoms with Gasteiger partial charge in [-0.3, -0.25) is 0 Å². The van der Waals surface area contributed by atoms with Gasteiger partial charge in [0.15, 0.2) is 0 Å². The number of nitrogens with one attached hydrogen (secondary N) is 1. The molecule has 0 radical (unpaired) electrons. The number of benzene rings is 1. The lowest BCUT2D eigenvalue weighted by atomic mass is 9.97. The molecule has 0 bridgehead atoms. The van der Waals surface area contributed by atoms with Crippen LogP contribution in [0.4, 0.5) is 0 Å². The van der Waals surface area contributed by atoms with Crippen LogP contribution in [0.1, 0.15) is 29.3 Å². The molecule has 0 fully saturated rings. The van der Waals surface area contributed by atoms with Crippen LogP contribution in [-0.2, 0) is 6.42 Å². The second kappa shape index (κ2) is 5.04. The van der Waals surface area contributed by atoms with Crippen molar-refractivity contribution in [3.8, 4) is 5.75 Å². The number of para-hydroxylation sites is 1. The zero-order valence-electron chi connectivity index (χ0n) is 10.2. The molecule has 0 spiro atoms. The largest absolute Gasteiger partial charge is 0.493 e. The van der Waals surface area contributed by atoms with E-state index in [4.69, 9.17) is 4.74 Å². The molecule has 0 amide bonds. The molecule has 0 aliphatic carbocycles. The van der Waals surface area contributed by atoms with E-state index in [1.54, 1.807) is 0 Å². The standard InChI is InChI=1S/C13H15N3OS/c1-14-12(11-8-18-16-15-11)10-6-2-4-9-5-3-7-17-13(9)10/h2,4,6,8,12,14H,3,5,7H2,1H3. The van der Waals surface area contributed by atoms with E-state index in [9.17, 15) is 0 Å². The van der Waals surface area contributed by atoms with Gasteiger partial charge in [-0.1, -0.05) is 22.7 Å². The third-order valence-corrected chi connectivity index (χ3v) is 3.76. The van der Waals surface area contributed by atoms with Gasteiger partial charge in [-0.2, -0.15) is 0 Å². The van der Waals surface area contributed by atoms with Crippen molar-refractivity contribution in [2.75, 3.05) is 13.7 Å². The Balaban J connectivity index is 2.05. The smallest absolute Gasteiger partial charge is 0.127 e. The molecule has 2 heterocycles. The lowest BCUT2D eigenvalue weighted by Crippen LogP contribution is -2.21. The molecule has 0 saturated heterocycles. The summed E-state index contributed by atoms with van der Waals surface area (Å²) in [4.78, 5) is 0. The quantitative estimate of drug-likeness (QED) is 0.920. The van der Waals surface area contributed by atoms with Crippen LogP contribution >= 0.6 is 11.5 Å². The van der Waals surface area contributed by atoms with Crippen molar-refractivity contribution < 1.29 is 4.74 Å². The topological polar surface area (TPSA) is 47.0 Å². The van der Waals surface area contributed by atoms with E-state index >= 15 is 0 Å². The van der Waals surface area contributed by atoms with Crippen LogP contribution < -0.4 is 10.1 Å². The molecule has 1 aromatic carbocycles. The van der Waals surface area contributed by atoms with Crippen molar-refractivity contribution in [1.82, 2.24) is 14.9 Å². The molecule has 1 N–H and O–H groups in total. The Morgan fingerprint density at radius 2 is 2.39 bits per heavy atom. The number of rotatable bonds is 3. The van der Waals surface area contributed by atoms with E-state index in [0.717, 1.165) is 36.5 Å². The van der Waals surface area contributed by atoms with Gasteiger partial charge in [0.25, 0.3) is 0 Å². The van der Waals surface area contributed by atoms with Crippen molar-refractivity contribution in [2.45, 2.75) is 18.9 Å². The monoisotopic (exact) mass is 261 g/mol. The fourth-order valence-electron chi connectivity index (χ4n) is 2.40. The fourth-order valence-corrected chi connectivity index (χ4v) is 2.88. The van der Waals surface area contributed by atoms with Crippen LogP contribution in [0, 0.1) is 0 Å². The lowest BCUT2D eigenvalue weighted by molar-refractivity contribution is 0.283. The van der Waals surface area contributed by atoms with Crippen LogP contribution in [0.15, 0.2) is 23.6 Å². The number of hydrogen-bond donors (Lipinski definition) is 1. The van der Waals surface area contributed by atoms with Crippen molar-refractivity contribution in [3.63, 3.8) is 0 Å². The molecule has 3 rings (SSSR count). The SMILES string of the molecule is CNC(c1csnn1)c1cccc2c1OCCC2. The third-order valence-electron chi connectivity index (χ3n) is 3.24. The summed E-state index contributed by atoms with van der Waals surface area (Å²) in [5.41, 5.74) is 3.40. The van der Waals surface area contributed by atoms with E-state index in [2.05, 4.69) is 33.1 Å². The average Bonchev–Trinajstić information content (AvgIpc) is 2.94. The van der Waals surface area contributed by atoms with Gasteiger partial charge in [-0.25, -0.2) is 0 Å². The Labute approximate surface area is 110 Å². The highest BCUT2D eigenvalue weighted by Crippen LogP contribution is 2.35. The first kappa shape index (κ1) is 11.6. The molecule has 1 unspecified atom stereocenters. The minimum absolute atomic E-state index is 0.0526. The van der Waals surface area contributed by atoms with Crippen molar-refractivity contribution in [1.29, 1.82) is 0 Å². The highest BCUT2D eigenvalue weighted by atomic mass is 32.1. The Kier molecular flexibility index (Phi) is 3.25. The van der Waals surface area contributed by atoms with Gasteiger partial charge in [-0.15, -0.1) is 5.10 Å². The van der Waals surface area contributed by atoms with Crippen LogP contribution in [0.3, 0.4) is 0 Å². The summed E-state index contributed by atoms with van der Waals surface area (Å²) in [6, 6.07) is 6.39. The van der Waals surface area contributed by atoms with E-state index in [1.165, 1.54) is 17.1 Å². The fraction of sp³-hybridized carbons (Fsp3) is 0.385. The first-order valence-electron chi connectivity index (χ1n) is 6.09. The van der Waals surface area contributed by atoms with Gasteiger partial charge < -0.3 is 10.1 Å². The van der Waals surface area contributed by atoms with Gasteiger partial charge in [-0.05, 0) is 37.0 Å². The summed E-state index contributed by atoms with van der Waals surface area (Å²) in [6.07, 6.45) is 2.19. The number of aromatic nitrogens is 2. The minimum Gasteiger partial charge on any atom is -0.493 e. The van der Waals surface area contributed by atoms with Crippen molar-refractivity contribution >= 4 is 11.5 Å². The zero-order chi connectivity index (χ0) is 12.4. The first-order valence-corrected chi connectivity index (χ1v) is 6.92. The molecule has 5 heteroatoms. The molecule has 94 valence electrons. The molecule has 2 aromatic rings. The summed E-state index contributed by atoms with van der Waals surface area (Å²) < 4.78 is 9.79. The second-order valence-electron chi connectivity index (χ2n) is 4.34. The van der Waals surface area contributed by atoms with Crippen molar-refractivity contribution in [2.24, 2.45) is 0 Å². The number of aryl methyl sites for hydroxylation is 1. The maximum atomic E-state index is 5.85. The van der Waals surface area contributed by atoms with E-state index in [-0.39, 0.29) is 6.04 Å². The van der Waals surface area contributed by atoms with E-state index < -0.39 is 0 Å². The molecule has 1 atom stereocenters. The molecule has 4 nitrogen and oxygen atoms in total. The number of nitrogens with zero attached hydrogens (tertiary/aromatic N) is 2. The van der Waals surface area contributed by atoms with Gasteiger partial charge in [0.2, 0.25) is 0 Å². The average molecular weight is 261 g/mol. The maximum absolute atomic E-state index is 5.85. The van der Waals surface area contributed by atoms with Crippen molar-refractivity contribution in [3.05, 3.63) is 40.4 Å². The summed E-state index contributed by atoms with van der Waals surface area (Å²) in [5.74, 6) is 1.02. The van der Waals surface area contributed by atoms with E-state index in [1.807, 2.05) is 12.4 Å². The highest BCUT2D eigenvalue weighted by Gasteiger charge is 2.22. The molecule has 1 aliphatic rings. The first-order chi connectivity index (χ1) is 8.90. The summed E-state index contributed by atoms with van der Waals surface area (Å²) in [7, 11) is 1.94. The second-order valence-corrected chi connectivity index (χ2v) is 4.95. The van der Waals surface area contributed by atoms with Gasteiger partial charge in [0.05, 0.1) is 18.3 Å². The molecular formula is C13H15N3OS. The van der Waals surface area contributed by atoms with E-state index in [0.29, 0.717) is 0 Å². The van der Waals surface area contributed by atoms with Crippen LogP contribution in [-0.4, -0.2) is 23.2 Å². The molecular weight excluding hydrogens is 246 g/mol. The predicted molar refractivity (Wildman–Crippen MR) is 71.1 cm³/mol. The number of fused-ring (bicyclic) bond motifs is 1. The highest BCUT2D eigenvalue weighted by molar-refractivity contribution is 7.03. The van der Waals surface area contributed by atoms with Gasteiger partial charge >= 0.3 is 0 Å². The Morgan fingerprint density at radius 3 is 3.17 bits per heavy atom. The van der Waals surface area contributed by atoms with Gasteiger partial charge in [0.1, 0.15) is 5.75 Å². The molecule has 0 saturated carbocycles. The Hall–Kier alpha value is -1.46. The summed E-state index contributed by atoms with van der Waals surface area (Å²) >= 11 is 1.37. The van der Waals surface area contributed by atoms with Crippen LogP contribution in [0.25, 0.3) is 0 Å². The lowest BCUT2D eigenvalue weighted by Gasteiger charge is -2.24. The number of ether oxygens (including phenoxy) is 1. The maximum Gasteiger partial charge on any atom is 0.127 e. The zero-order valence-corrected chi connectivity index (χ0v) is 11.0. The Bertz CT molecular complexity index is 527. The predicted octanol–water partition coefficient (Wildman–Crippen LogP) is 2.17. The van der Waals surface area contributed by atoms with Crippen LogP contribution in [0.2, 0.25) is 0 Å². The van der Waals surface area contributed by atoms with Gasteiger partial charge in [0, 0.05) is 10.9 Å². The normalized spacial score (nSPS) is 15.8. The summed E-state index contributed by atoms with van der Waals surface area (Å²) in [6.45, 7) is 0.801. The third kappa shape index (κ3) is 2.00. The number of hydrogen-bond acceptors (Lipinski definition) is 5. The molecule has 18 heavy (non-hydrogen) atoms. The van der Waals surface area contributed by atoms with Crippen LogP contribution in [0.5, 0.6) is 5.75 Å².